The van der Waals surface area contributed by atoms with Crippen molar-refractivity contribution in [3.05, 3.63) is 0 Å². The van der Waals surface area contributed by atoms with E-state index in [2.05, 4.69) is 46.9 Å². The Bertz CT molecular complexity index is 356. The van der Waals surface area contributed by atoms with Gasteiger partial charge in [-0.3, -0.25) is 9.59 Å². The molecule has 20 heavy (non-hydrogen) atoms. The van der Waals surface area contributed by atoms with Gasteiger partial charge in [0.25, 0.3) is 0 Å². The molecule has 1 unspecified atom stereocenters. The van der Waals surface area contributed by atoms with E-state index in [1.165, 1.54) is 0 Å². The van der Waals surface area contributed by atoms with Gasteiger partial charge in [0.1, 0.15) is 5.78 Å². The van der Waals surface area contributed by atoms with Crippen LogP contribution in [0.2, 0.25) is 0 Å². The summed E-state index contributed by atoms with van der Waals surface area (Å²) in [5, 5.41) is 3.06. The second kappa shape index (κ2) is 6.28. The summed E-state index contributed by atoms with van der Waals surface area (Å²) in [7, 11) is 0. The molecule has 3 nitrogen and oxygen atoms in total. The van der Waals surface area contributed by atoms with E-state index in [9.17, 15) is 9.59 Å². The molecule has 1 atom stereocenters. The zero-order valence-corrected chi connectivity index (χ0v) is 14.8. The van der Waals surface area contributed by atoms with Crippen LogP contribution in [0.3, 0.4) is 0 Å². The van der Waals surface area contributed by atoms with Gasteiger partial charge in [-0.25, -0.2) is 0 Å². The molecule has 0 heterocycles. The molecular weight excluding hydrogens is 250 g/mol. The quantitative estimate of drug-likeness (QED) is 0.830. The standard InChI is InChI=1S/C17H33NO2/c1-12(19)10-17(8,9)18-14(20)13(16(5,6)7)11-15(2,3)4/h13H,10-11H2,1-9H3,(H,18,20). The molecule has 1 N–H and O–H groups in total. The maximum atomic E-state index is 12.6. The van der Waals surface area contributed by atoms with E-state index in [4.69, 9.17) is 0 Å². The van der Waals surface area contributed by atoms with Crippen LogP contribution in [0.5, 0.6) is 0 Å². The van der Waals surface area contributed by atoms with Crippen LogP contribution in [-0.2, 0) is 9.59 Å². The second-order valence-electron chi connectivity index (χ2n) is 8.94. The molecule has 118 valence electrons. The van der Waals surface area contributed by atoms with Crippen LogP contribution in [0.15, 0.2) is 0 Å². The van der Waals surface area contributed by atoms with Gasteiger partial charge in [-0.1, -0.05) is 41.5 Å². The molecule has 0 saturated carbocycles. The molecule has 0 aliphatic heterocycles. The molecule has 0 bridgehead atoms. The summed E-state index contributed by atoms with van der Waals surface area (Å²) in [6, 6.07) is 0. The molecule has 1 amide bonds. The van der Waals surface area contributed by atoms with Gasteiger partial charge in [0.15, 0.2) is 0 Å². The average molecular weight is 283 g/mol. The van der Waals surface area contributed by atoms with Crippen molar-refractivity contribution in [2.45, 2.75) is 80.7 Å². The predicted octanol–water partition coefficient (Wildman–Crippen LogP) is 3.96. The molecule has 0 aromatic heterocycles. The normalized spacial score (nSPS) is 14.8. The molecule has 3 heteroatoms. The summed E-state index contributed by atoms with van der Waals surface area (Å²) >= 11 is 0. The largest absolute Gasteiger partial charge is 0.351 e. The zero-order chi connectivity index (χ0) is 16.4. The van der Waals surface area contributed by atoms with Gasteiger partial charge in [0, 0.05) is 17.9 Å². The maximum absolute atomic E-state index is 12.6. The van der Waals surface area contributed by atoms with Crippen LogP contribution < -0.4 is 5.32 Å². The first-order valence-electron chi connectivity index (χ1n) is 7.45. The van der Waals surface area contributed by atoms with Crippen LogP contribution in [0, 0.1) is 16.7 Å². The van der Waals surface area contributed by atoms with E-state index < -0.39 is 5.54 Å². The summed E-state index contributed by atoms with van der Waals surface area (Å²) in [6.07, 6.45) is 1.20. The van der Waals surface area contributed by atoms with Gasteiger partial charge in [-0.05, 0) is 38.0 Å². The molecule has 0 saturated heterocycles. The lowest BCUT2D eigenvalue weighted by atomic mass is 9.71. The molecule has 0 aromatic rings. The molecule has 0 spiro atoms. The van der Waals surface area contributed by atoms with E-state index in [0.29, 0.717) is 6.42 Å². The van der Waals surface area contributed by atoms with E-state index in [0.717, 1.165) is 6.42 Å². The lowest BCUT2D eigenvalue weighted by molar-refractivity contribution is -0.131. The lowest BCUT2D eigenvalue weighted by Gasteiger charge is -2.37. The monoisotopic (exact) mass is 283 g/mol. The van der Waals surface area contributed by atoms with Crippen molar-refractivity contribution in [3.63, 3.8) is 0 Å². The van der Waals surface area contributed by atoms with E-state index >= 15 is 0 Å². The highest BCUT2D eigenvalue weighted by Crippen LogP contribution is 2.36. The Labute approximate surface area is 124 Å². The summed E-state index contributed by atoms with van der Waals surface area (Å²) < 4.78 is 0. The number of amides is 1. The Morgan fingerprint density at radius 2 is 1.40 bits per heavy atom. The molecular formula is C17H33NO2. The van der Waals surface area contributed by atoms with Crippen molar-refractivity contribution < 1.29 is 9.59 Å². The third-order valence-electron chi connectivity index (χ3n) is 3.33. The molecule has 0 radical (unpaired) electrons. The minimum absolute atomic E-state index is 0.0543. The van der Waals surface area contributed by atoms with E-state index in [1.54, 1.807) is 6.92 Å². The third kappa shape index (κ3) is 7.66. The van der Waals surface area contributed by atoms with Crippen LogP contribution in [0.1, 0.15) is 75.2 Å². The smallest absolute Gasteiger partial charge is 0.224 e. The number of Topliss-reactive ketones (excluding diaryl/α,β-unsaturated/α-hetero) is 1. The number of hydrogen-bond acceptors (Lipinski definition) is 2. The number of carbonyl (C=O) groups excluding carboxylic acids is 2. The Kier molecular flexibility index (Phi) is 6.01. The summed E-state index contributed by atoms with van der Waals surface area (Å²) in [6.45, 7) is 18.1. The van der Waals surface area contributed by atoms with Crippen LogP contribution in [0.25, 0.3) is 0 Å². The Morgan fingerprint density at radius 3 is 1.70 bits per heavy atom. The molecule has 0 rings (SSSR count). The van der Waals surface area contributed by atoms with Crippen molar-refractivity contribution in [1.82, 2.24) is 5.32 Å². The summed E-state index contributed by atoms with van der Waals surface area (Å²) in [5.74, 6) is 0.0887. The molecule has 0 aliphatic carbocycles. The van der Waals surface area contributed by atoms with Gasteiger partial charge >= 0.3 is 0 Å². The van der Waals surface area contributed by atoms with Crippen molar-refractivity contribution in [3.8, 4) is 0 Å². The fraction of sp³-hybridized carbons (Fsp3) is 0.882. The molecule has 0 fully saturated rings. The Hall–Kier alpha value is -0.860. The van der Waals surface area contributed by atoms with Crippen molar-refractivity contribution in [2.24, 2.45) is 16.7 Å². The fourth-order valence-corrected chi connectivity index (χ4v) is 2.49. The van der Waals surface area contributed by atoms with Gasteiger partial charge in [-0.15, -0.1) is 0 Å². The SMILES string of the molecule is CC(=O)CC(C)(C)NC(=O)C(CC(C)(C)C)C(C)(C)C. The Morgan fingerprint density at radius 1 is 0.950 bits per heavy atom. The van der Waals surface area contributed by atoms with Gasteiger partial charge in [-0.2, -0.15) is 0 Å². The van der Waals surface area contributed by atoms with Crippen molar-refractivity contribution in [1.29, 1.82) is 0 Å². The highest BCUT2D eigenvalue weighted by atomic mass is 16.2. The first kappa shape index (κ1) is 19.1. The minimum Gasteiger partial charge on any atom is -0.351 e. The van der Waals surface area contributed by atoms with Crippen LogP contribution in [0.4, 0.5) is 0 Å². The number of hydrogen-bond donors (Lipinski definition) is 1. The summed E-state index contributed by atoms with van der Waals surface area (Å²) in [4.78, 5) is 23.9. The lowest BCUT2D eigenvalue weighted by Crippen LogP contribution is -2.50. The molecule has 0 aromatic carbocycles. The zero-order valence-electron chi connectivity index (χ0n) is 14.8. The number of ketones is 1. The average Bonchev–Trinajstić information content (AvgIpc) is 2.07. The topological polar surface area (TPSA) is 46.2 Å². The van der Waals surface area contributed by atoms with Gasteiger partial charge in [0.05, 0.1) is 0 Å². The highest BCUT2D eigenvalue weighted by Gasteiger charge is 2.36. The van der Waals surface area contributed by atoms with Crippen molar-refractivity contribution in [2.75, 3.05) is 0 Å². The van der Waals surface area contributed by atoms with Crippen LogP contribution >= 0.6 is 0 Å². The maximum Gasteiger partial charge on any atom is 0.224 e. The van der Waals surface area contributed by atoms with Gasteiger partial charge in [0.2, 0.25) is 5.91 Å². The fourth-order valence-electron chi connectivity index (χ4n) is 2.49. The number of rotatable bonds is 5. The third-order valence-corrected chi connectivity index (χ3v) is 3.33. The number of carbonyl (C=O) groups is 2. The van der Waals surface area contributed by atoms with Crippen molar-refractivity contribution >= 4 is 11.7 Å². The van der Waals surface area contributed by atoms with E-state index in [1.807, 2.05) is 13.8 Å². The predicted molar refractivity (Wildman–Crippen MR) is 84.5 cm³/mol. The van der Waals surface area contributed by atoms with E-state index in [-0.39, 0.29) is 28.4 Å². The second-order valence-corrected chi connectivity index (χ2v) is 8.94. The summed E-state index contributed by atoms with van der Waals surface area (Å²) in [5.41, 5.74) is -0.478. The molecule has 0 aliphatic rings. The first-order chi connectivity index (χ1) is 8.64. The van der Waals surface area contributed by atoms with Gasteiger partial charge < -0.3 is 5.32 Å². The Balaban J connectivity index is 5.03. The first-order valence-corrected chi connectivity index (χ1v) is 7.45. The number of nitrogens with one attached hydrogen (secondary N) is 1. The highest BCUT2D eigenvalue weighted by molar-refractivity contribution is 5.82. The van der Waals surface area contributed by atoms with Crippen LogP contribution in [-0.4, -0.2) is 17.2 Å². The minimum atomic E-state index is -0.482.